The summed E-state index contributed by atoms with van der Waals surface area (Å²) < 4.78 is 5.14. The van der Waals surface area contributed by atoms with Crippen molar-refractivity contribution in [2.24, 2.45) is 0 Å². The summed E-state index contributed by atoms with van der Waals surface area (Å²) in [5.41, 5.74) is 1.03. The lowest BCUT2D eigenvalue weighted by Gasteiger charge is -2.12. The highest BCUT2D eigenvalue weighted by atomic mass is 16.5. The van der Waals surface area contributed by atoms with E-state index in [1.807, 2.05) is 18.2 Å². The Labute approximate surface area is 90.3 Å². The smallest absolute Gasteiger partial charge is 0.0698 e. The lowest BCUT2D eigenvalue weighted by atomic mass is 10.2. The number of hydrogen-bond acceptors (Lipinski definition) is 4. The fourth-order valence-corrected chi connectivity index (χ4v) is 1.25. The van der Waals surface area contributed by atoms with Crippen LogP contribution in [0.5, 0.6) is 0 Å². The van der Waals surface area contributed by atoms with Gasteiger partial charge in [0.05, 0.1) is 25.5 Å². The highest BCUT2D eigenvalue weighted by Gasteiger charge is 2.03. The van der Waals surface area contributed by atoms with E-state index in [1.54, 1.807) is 6.20 Å². The van der Waals surface area contributed by atoms with Gasteiger partial charge in [0, 0.05) is 18.8 Å². The lowest BCUT2D eigenvalue weighted by molar-refractivity contribution is 0.0928. The molecule has 0 amide bonds. The first-order valence-electron chi connectivity index (χ1n) is 5.17. The number of nitrogens with zero attached hydrogens (tertiary/aromatic N) is 1. The molecule has 1 heterocycles. The molecule has 0 saturated heterocycles. The number of nitrogens with one attached hydrogen (secondary N) is 1. The summed E-state index contributed by atoms with van der Waals surface area (Å²) in [6.45, 7) is 3.92. The fourth-order valence-electron chi connectivity index (χ4n) is 1.25. The molecule has 0 aliphatic rings. The Morgan fingerprint density at radius 2 is 2.33 bits per heavy atom. The fraction of sp³-hybridized carbons (Fsp3) is 0.545. The molecular weight excluding hydrogens is 192 g/mol. The van der Waals surface area contributed by atoms with E-state index in [9.17, 15) is 0 Å². The molecule has 1 aromatic rings. The Kier molecular flexibility index (Phi) is 5.92. The molecular formula is C11H18N2O2. The Bertz CT molecular complexity index is 254. The first kappa shape index (κ1) is 12.1. The molecule has 4 nitrogen and oxygen atoms in total. The summed E-state index contributed by atoms with van der Waals surface area (Å²) in [6, 6.07) is 6.10. The molecule has 0 saturated carbocycles. The van der Waals surface area contributed by atoms with Crippen molar-refractivity contribution >= 4 is 0 Å². The van der Waals surface area contributed by atoms with Crippen molar-refractivity contribution in [3.63, 3.8) is 0 Å². The number of pyridine rings is 1. The molecule has 0 aliphatic carbocycles. The van der Waals surface area contributed by atoms with Crippen molar-refractivity contribution in [2.45, 2.75) is 13.0 Å². The van der Waals surface area contributed by atoms with Gasteiger partial charge in [-0.1, -0.05) is 6.07 Å². The van der Waals surface area contributed by atoms with Gasteiger partial charge in [0.25, 0.3) is 0 Å². The van der Waals surface area contributed by atoms with Gasteiger partial charge in [-0.05, 0) is 19.1 Å². The average Bonchev–Trinajstić information content (AvgIpc) is 2.30. The number of hydrogen-bond donors (Lipinski definition) is 2. The highest BCUT2D eigenvalue weighted by Crippen LogP contribution is 2.06. The van der Waals surface area contributed by atoms with Gasteiger partial charge in [0.15, 0.2) is 0 Å². The number of aliphatic hydroxyl groups excluding tert-OH is 1. The van der Waals surface area contributed by atoms with E-state index < -0.39 is 0 Å². The molecule has 0 aromatic carbocycles. The van der Waals surface area contributed by atoms with Crippen molar-refractivity contribution in [2.75, 3.05) is 26.4 Å². The van der Waals surface area contributed by atoms with Crippen molar-refractivity contribution < 1.29 is 9.84 Å². The van der Waals surface area contributed by atoms with Gasteiger partial charge in [0.2, 0.25) is 0 Å². The molecule has 0 bridgehead atoms. The van der Waals surface area contributed by atoms with Gasteiger partial charge in [-0.15, -0.1) is 0 Å². The Hall–Kier alpha value is -0.970. The largest absolute Gasteiger partial charge is 0.394 e. The minimum absolute atomic E-state index is 0.0792. The molecule has 0 radical (unpaired) electrons. The Balaban J connectivity index is 2.16. The van der Waals surface area contributed by atoms with Crippen molar-refractivity contribution in [1.82, 2.24) is 10.3 Å². The second-order valence-corrected chi connectivity index (χ2v) is 3.27. The summed E-state index contributed by atoms with van der Waals surface area (Å²) in [5, 5.41) is 11.8. The van der Waals surface area contributed by atoms with E-state index in [2.05, 4.69) is 17.2 Å². The maximum Gasteiger partial charge on any atom is 0.0698 e. The quantitative estimate of drug-likeness (QED) is 0.652. The third-order valence-corrected chi connectivity index (χ3v) is 2.06. The van der Waals surface area contributed by atoms with Crippen LogP contribution in [0.25, 0.3) is 0 Å². The zero-order chi connectivity index (χ0) is 10.9. The number of aliphatic hydroxyl groups is 1. The number of ether oxygens (including phenoxy) is 1. The Morgan fingerprint density at radius 1 is 1.47 bits per heavy atom. The van der Waals surface area contributed by atoms with Crippen LogP contribution in [0.3, 0.4) is 0 Å². The van der Waals surface area contributed by atoms with Crippen LogP contribution < -0.4 is 5.32 Å². The molecule has 1 aromatic heterocycles. The van der Waals surface area contributed by atoms with E-state index in [0.29, 0.717) is 13.2 Å². The third-order valence-electron chi connectivity index (χ3n) is 2.06. The SMILES string of the molecule is CC(NCCOCCO)c1ccccn1. The van der Waals surface area contributed by atoms with Crippen molar-refractivity contribution in [3.8, 4) is 0 Å². The van der Waals surface area contributed by atoms with Crippen LogP contribution in [0.4, 0.5) is 0 Å². The normalized spacial score (nSPS) is 12.7. The topological polar surface area (TPSA) is 54.4 Å². The average molecular weight is 210 g/mol. The van der Waals surface area contributed by atoms with Crippen LogP contribution in [0.15, 0.2) is 24.4 Å². The predicted octanol–water partition coefficient (Wildman–Crippen LogP) is 0.741. The number of aromatic nitrogens is 1. The van der Waals surface area contributed by atoms with Crippen molar-refractivity contribution in [3.05, 3.63) is 30.1 Å². The van der Waals surface area contributed by atoms with Crippen LogP contribution in [0.1, 0.15) is 18.7 Å². The lowest BCUT2D eigenvalue weighted by Crippen LogP contribution is -2.24. The van der Waals surface area contributed by atoms with Crippen LogP contribution >= 0.6 is 0 Å². The Morgan fingerprint density at radius 3 is 3.00 bits per heavy atom. The summed E-state index contributed by atoms with van der Waals surface area (Å²) in [7, 11) is 0. The second kappa shape index (κ2) is 7.34. The third kappa shape index (κ3) is 4.88. The molecule has 4 heteroatoms. The zero-order valence-corrected chi connectivity index (χ0v) is 9.02. The highest BCUT2D eigenvalue weighted by molar-refractivity contribution is 5.07. The van der Waals surface area contributed by atoms with Crippen LogP contribution in [-0.2, 0) is 4.74 Å². The van der Waals surface area contributed by atoms with Crippen LogP contribution in [-0.4, -0.2) is 36.5 Å². The molecule has 1 unspecified atom stereocenters. The van der Waals surface area contributed by atoms with Gasteiger partial charge in [-0.3, -0.25) is 4.98 Å². The van der Waals surface area contributed by atoms with E-state index in [0.717, 1.165) is 12.2 Å². The van der Waals surface area contributed by atoms with Gasteiger partial charge in [0.1, 0.15) is 0 Å². The molecule has 15 heavy (non-hydrogen) atoms. The zero-order valence-electron chi connectivity index (χ0n) is 9.02. The standard InChI is InChI=1S/C11H18N2O2/c1-10(11-4-2-3-5-13-11)12-6-8-15-9-7-14/h2-5,10,12,14H,6-9H2,1H3. The second-order valence-electron chi connectivity index (χ2n) is 3.27. The maximum atomic E-state index is 8.50. The van der Waals surface area contributed by atoms with Gasteiger partial charge in [-0.2, -0.15) is 0 Å². The predicted molar refractivity (Wildman–Crippen MR) is 58.6 cm³/mol. The minimum Gasteiger partial charge on any atom is -0.394 e. The molecule has 84 valence electrons. The van der Waals surface area contributed by atoms with Crippen LogP contribution in [0, 0.1) is 0 Å². The molecule has 0 fully saturated rings. The summed E-state index contributed by atoms with van der Waals surface area (Å²) in [6.07, 6.45) is 1.79. The van der Waals surface area contributed by atoms with E-state index in [1.165, 1.54) is 0 Å². The molecule has 0 spiro atoms. The number of rotatable bonds is 7. The first-order valence-corrected chi connectivity index (χ1v) is 5.17. The van der Waals surface area contributed by atoms with Crippen LogP contribution in [0.2, 0.25) is 0 Å². The van der Waals surface area contributed by atoms with Gasteiger partial charge in [-0.25, -0.2) is 0 Å². The van der Waals surface area contributed by atoms with E-state index in [-0.39, 0.29) is 12.6 Å². The molecule has 0 aliphatic heterocycles. The van der Waals surface area contributed by atoms with Crippen molar-refractivity contribution in [1.29, 1.82) is 0 Å². The molecule has 1 rings (SSSR count). The minimum atomic E-state index is 0.0792. The van der Waals surface area contributed by atoms with E-state index in [4.69, 9.17) is 9.84 Å². The van der Waals surface area contributed by atoms with E-state index >= 15 is 0 Å². The maximum absolute atomic E-state index is 8.50. The monoisotopic (exact) mass is 210 g/mol. The summed E-state index contributed by atoms with van der Waals surface area (Å²) in [4.78, 5) is 4.25. The van der Waals surface area contributed by atoms with Gasteiger partial charge < -0.3 is 15.2 Å². The first-order chi connectivity index (χ1) is 7.34. The molecule has 2 N–H and O–H groups in total. The molecule has 1 atom stereocenters. The van der Waals surface area contributed by atoms with Gasteiger partial charge >= 0.3 is 0 Å². The summed E-state index contributed by atoms with van der Waals surface area (Å²) in [5.74, 6) is 0. The summed E-state index contributed by atoms with van der Waals surface area (Å²) >= 11 is 0.